The van der Waals surface area contributed by atoms with Crippen LogP contribution in [0.25, 0.3) is 0 Å². The van der Waals surface area contributed by atoms with Crippen molar-refractivity contribution in [1.29, 1.82) is 0 Å². The van der Waals surface area contributed by atoms with Crippen molar-refractivity contribution in [1.82, 2.24) is 4.98 Å². The van der Waals surface area contributed by atoms with Crippen LogP contribution in [0.1, 0.15) is 6.42 Å². The van der Waals surface area contributed by atoms with Crippen molar-refractivity contribution in [3.8, 4) is 0 Å². The summed E-state index contributed by atoms with van der Waals surface area (Å²) >= 11 is 0. The van der Waals surface area contributed by atoms with E-state index in [4.69, 9.17) is 5.11 Å². The van der Waals surface area contributed by atoms with Crippen LogP contribution in [-0.4, -0.2) is 29.1 Å². The van der Waals surface area contributed by atoms with Gasteiger partial charge in [-0.05, 0) is 6.07 Å². The summed E-state index contributed by atoms with van der Waals surface area (Å²) < 4.78 is 13.3. The van der Waals surface area contributed by atoms with Gasteiger partial charge in [0.2, 0.25) is 5.91 Å². The van der Waals surface area contributed by atoms with Gasteiger partial charge >= 0.3 is 0 Å². The van der Waals surface area contributed by atoms with Crippen LogP contribution in [0.5, 0.6) is 0 Å². The molecule has 5 heteroatoms. The number of aliphatic hydroxyl groups is 1. The van der Waals surface area contributed by atoms with Crippen LogP contribution in [-0.2, 0) is 4.79 Å². The summed E-state index contributed by atoms with van der Waals surface area (Å²) in [6.45, 7) is 0.325. The Bertz CT molecular complexity index is 383. The first-order valence-corrected chi connectivity index (χ1v) is 4.73. The Morgan fingerprint density at radius 2 is 2.47 bits per heavy atom. The molecule has 1 aromatic heterocycles. The number of pyridine rings is 1. The molecular weight excluding hydrogens is 199 g/mol. The van der Waals surface area contributed by atoms with E-state index in [-0.39, 0.29) is 30.5 Å². The zero-order valence-electron chi connectivity index (χ0n) is 8.06. The van der Waals surface area contributed by atoms with Gasteiger partial charge in [-0.1, -0.05) is 0 Å². The van der Waals surface area contributed by atoms with E-state index in [9.17, 15) is 9.18 Å². The van der Waals surface area contributed by atoms with Gasteiger partial charge in [-0.25, -0.2) is 4.39 Å². The highest BCUT2D eigenvalue weighted by molar-refractivity contribution is 5.95. The third-order valence-electron chi connectivity index (χ3n) is 2.51. The van der Waals surface area contributed by atoms with Crippen molar-refractivity contribution < 1.29 is 14.3 Å². The number of amides is 1. The van der Waals surface area contributed by atoms with Crippen LogP contribution in [0.3, 0.4) is 0 Å². The molecule has 0 bridgehead atoms. The number of rotatable bonds is 2. The van der Waals surface area contributed by atoms with Crippen LogP contribution in [0.4, 0.5) is 10.1 Å². The number of nitrogens with zero attached hydrogens (tertiary/aromatic N) is 2. The highest BCUT2D eigenvalue weighted by atomic mass is 19.1. The lowest BCUT2D eigenvalue weighted by molar-refractivity contribution is -0.117. The molecule has 0 spiro atoms. The average Bonchev–Trinajstić information content (AvgIpc) is 2.60. The van der Waals surface area contributed by atoms with Crippen molar-refractivity contribution in [2.75, 3.05) is 18.1 Å². The van der Waals surface area contributed by atoms with Crippen LogP contribution in [0.2, 0.25) is 0 Å². The Morgan fingerprint density at radius 1 is 1.67 bits per heavy atom. The second kappa shape index (κ2) is 3.94. The van der Waals surface area contributed by atoms with Gasteiger partial charge in [0.25, 0.3) is 0 Å². The fraction of sp³-hybridized carbons (Fsp3) is 0.400. The number of hydrogen-bond donors (Lipinski definition) is 1. The number of carbonyl (C=O) groups is 1. The molecule has 0 aliphatic carbocycles. The molecule has 0 radical (unpaired) electrons. The number of hydrogen-bond acceptors (Lipinski definition) is 3. The second-order valence-corrected chi connectivity index (χ2v) is 3.58. The number of halogens is 1. The third kappa shape index (κ3) is 1.83. The highest BCUT2D eigenvalue weighted by Crippen LogP contribution is 2.26. The summed E-state index contributed by atoms with van der Waals surface area (Å²) in [5, 5.41) is 8.93. The summed E-state index contributed by atoms with van der Waals surface area (Å²) in [6, 6.07) is 1.47. The van der Waals surface area contributed by atoms with Gasteiger partial charge in [0.1, 0.15) is 0 Å². The lowest BCUT2D eigenvalue weighted by Gasteiger charge is -2.16. The third-order valence-corrected chi connectivity index (χ3v) is 2.51. The summed E-state index contributed by atoms with van der Waals surface area (Å²) in [7, 11) is 0. The van der Waals surface area contributed by atoms with Crippen LogP contribution in [0.15, 0.2) is 18.5 Å². The number of carbonyl (C=O) groups excluding carboxylic acids is 1. The minimum atomic E-state index is -0.510. The average molecular weight is 210 g/mol. The largest absolute Gasteiger partial charge is 0.396 e. The summed E-state index contributed by atoms with van der Waals surface area (Å²) in [6.07, 6.45) is 2.80. The monoisotopic (exact) mass is 210 g/mol. The van der Waals surface area contributed by atoms with Crippen LogP contribution >= 0.6 is 0 Å². The predicted molar refractivity (Wildman–Crippen MR) is 51.7 cm³/mol. The van der Waals surface area contributed by atoms with Gasteiger partial charge in [-0.2, -0.15) is 0 Å². The van der Waals surface area contributed by atoms with Gasteiger partial charge in [0, 0.05) is 31.7 Å². The Balaban J connectivity index is 2.25. The molecule has 15 heavy (non-hydrogen) atoms. The van der Waals surface area contributed by atoms with Crippen molar-refractivity contribution in [2.24, 2.45) is 5.92 Å². The molecule has 1 unspecified atom stereocenters. The molecule has 1 fully saturated rings. The number of anilines is 1. The molecule has 1 aliphatic heterocycles. The molecule has 1 saturated heterocycles. The normalized spacial score (nSPS) is 21.1. The minimum Gasteiger partial charge on any atom is -0.396 e. The number of aliphatic hydroxyl groups excluding tert-OH is 1. The van der Waals surface area contributed by atoms with Gasteiger partial charge in [0.05, 0.1) is 11.9 Å². The Labute approximate surface area is 86.4 Å². The molecule has 0 saturated carbocycles. The predicted octanol–water partition coefficient (Wildman–Crippen LogP) is 0.566. The topological polar surface area (TPSA) is 53.4 Å². The Kier molecular flexibility index (Phi) is 2.64. The molecule has 0 aromatic carbocycles. The van der Waals surface area contributed by atoms with E-state index in [2.05, 4.69) is 4.98 Å². The summed E-state index contributed by atoms with van der Waals surface area (Å²) in [5.41, 5.74) is 0.242. The van der Waals surface area contributed by atoms with E-state index in [0.29, 0.717) is 6.54 Å². The van der Waals surface area contributed by atoms with Gasteiger partial charge < -0.3 is 10.0 Å². The molecule has 1 aliphatic rings. The quantitative estimate of drug-likeness (QED) is 0.776. The molecule has 1 aromatic rings. The smallest absolute Gasteiger partial charge is 0.227 e. The summed E-state index contributed by atoms with van der Waals surface area (Å²) in [5.74, 6) is -0.756. The van der Waals surface area contributed by atoms with Crippen molar-refractivity contribution in [2.45, 2.75) is 6.42 Å². The first kappa shape index (κ1) is 10.0. The van der Waals surface area contributed by atoms with Crippen LogP contribution < -0.4 is 4.90 Å². The highest BCUT2D eigenvalue weighted by Gasteiger charge is 2.31. The molecule has 4 nitrogen and oxygen atoms in total. The van der Waals surface area contributed by atoms with E-state index in [1.54, 1.807) is 0 Å². The first-order chi connectivity index (χ1) is 7.22. The standard InChI is InChI=1S/C10H11FN2O2/c11-8-4-12-2-1-9(8)13-5-7(6-14)3-10(13)15/h1-2,4,7,14H,3,5-6H2. The van der Waals surface area contributed by atoms with E-state index >= 15 is 0 Å². The van der Waals surface area contributed by atoms with Gasteiger partial charge in [-0.15, -0.1) is 0 Å². The van der Waals surface area contributed by atoms with E-state index in [1.165, 1.54) is 17.2 Å². The molecule has 2 heterocycles. The summed E-state index contributed by atoms with van der Waals surface area (Å²) in [4.78, 5) is 16.5. The van der Waals surface area contributed by atoms with Crippen molar-refractivity contribution in [3.05, 3.63) is 24.3 Å². The molecule has 1 atom stereocenters. The fourth-order valence-electron chi connectivity index (χ4n) is 1.72. The maximum absolute atomic E-state index is 13.3. The van der Waals surface area contributed by atoms with Gasteiger partial charge in [-0.3, -0.25) is 9.78 Å². The fourth-order valence-corrected chi connectivity index (χ4v) is 1.72. The molecule has 2 rings (SSSR count). The molecule has 1 N–H and O–H groups in total. The van der Waals surface area contributed by atoms with Crippen molar-refractivity contribution in [3.63, 3.8) is 0 Å². The zero-order chi connectivity index (χ0) is 10.8. The lowest BCUT2D eigenvalue weighted by Crippen LogP contribution is -2.25. The first-order valence-electron chi connectivity index (χ1n) is 4.73. The number of aromatic nitrogens is 1. The lowest BCUT2D eigenvalue weighted by atomic mass is 10.1. The Hall–Kier alpha value is -1.49. The molecule has 1 amide bonds. The second-order valence-electron chi connectivity index (χ2n) is 3.58. The maximum atomic E-state index is 13.3. The van der Waals surface area contributed by atoms with E-state index < -0.39 is 5.82 Å². The molecular formula is C10H11FN2O2. The zero-order valence-corrected chi connectivity index (χ0v) is 8.06. The SMILES string of the molecule is O=C1CC(CO)CN1c1ccncc1F. The molecule has 80 valence electrons. The Morgan fingerprint density at radius 3 is 3.07 bits per heavy atom. The van der Waals surface area contributed by atoms with Gasteiger partial charge in [0.15, 0.2) is 5.82 Å². The minimum absolute atomic E-state index is 0.0467. The maximum Gasteiger partial charge on any atom is 0.227 e. The van der Waals surface area contributed by atoms with Crippen LogP contribution in [0, 0.1) is 11.7 Å². The van der Waals surface area contributed by atoms with E-state index in [0.717, 1.165) is 6.20 Å². The van der Waals surface area contributed by atoms with E-state index in [1.807, 2.05) is 0 Å². The van der Waals surface area contributed by atoms with Crippen molar-refractivity contribution >= 4 is 11.6 Å².